The molecule has 0 aliphatic carbocycles. The molecule has 0 aliphatic rings. The summed E-state index contributed by atoms with van der Waals surface area (Å²) < 4.78 is 14.5. The number of halogens is 1. The van der Waals surface area contributed by atoms with Gasteiger partial charge in [-0.05, 0) is 0 Å². The Hall–Kier alpha value is -2.05. The van der Waals surface area contributed by atoms with Crippen LogP contribution in [0.4, 0.5) is 10.2 Å². The van der Waals surface area contributed by atoms with Gasteiger partial charge in [0, 0.05) is 26.1 Å². The van der Waals surface area contributed by atoms with Crippen molar-refractivity contribution in [3.8, 4) is 0 Å². The van der Waals surface area contributed by atoms with Crippen molar-refractivity contribution in [3.63, 3.8) is 0 Å². The van der Waals surface area contributed by atoms with Gasteiger partial charge >= 0.3 is 0 Å². The van der Waals surface area contributed by atoms with E-state index in [1.807, 2.05) is 11.6 Å². The first-order chi connectivity index (χ1) is 7.75. The van der Waals surface area contributed by atoms with E-state index in [2.05, 4.69) is 25.5 Å². The van der Waals surface area contributed by atoms with Gasteiger partial charge in [0.05, 0.1) is 0 Å². The Morgan fingerprint density at radius 3 is 3.00 bits per heavy atom. The molecule has 0 atom stereocenters. The monoisotopic (exact) mass is 222 g/mol. The molecule has 1 N–H and O–H groups in total. The van der Waals surface area contributed by atoms with Crippen LogP contribution < -0.4 is 5.32 Å². The van der Waals surface area contributed by atoms with Crippen LogP contribution >= 0.6 is 0 Å². The Morgan fingerprint density at radius 1 is 1.44 bits per heavy atom. The van der Waals surface area contributed by atoms with Crippen molar-refractivity contribution in [2.45, 2.75) is 6.42 Å². The highest BCUT2D eigenvalue weighted by atomic mass is 19.1. The molecule has 84 valence electrons. The fourth-order valence-electron chi connectivity index (χ4n) is 1.27. The predicted octanol–water partition coefficient (Wildman–Crippen LogP) is 0.399. The third kappa shape index (κ3) is 2.50. The second-order valence-corrected chi connectivity index (χ2v) is 3.26. The number of hydrogen-bond acceptors (Lipinski definition) is 5. The summed E-state index contributed by atoms with van der Waals surface area (Å²) in [7, 11) is 1.87. The van der Waals surface area contributed by atoms with Crippen LogP contribution in [-0.2, 0) is 13.5 Å². The van der Waals surface area contributed by atoms with Gasteiger partial charge in [-0.3, -0.25) is 0 Å². The molecule has 0 aromatic carbocycles. The van der Waals surface area contributed by atoms with Gasteiger partial charge in [-0.1, -0.05) is 0 Å². The lowest BCUT2D eigenvalue weighted by molar-refractivity contribution is 0.580. The maximum absolute atomic E-state index is 12.7. The van der Waals surface area contributed by atoms with Crippen molar-refractivity contribution in [1.29, 1.82) is 0 Å². The molecule has 2 aromatic heterocycles. The van der Waals surface area contributed by atoms with Crippen LogP contribution in [0.2, 0.25) is 0 Å². The summed E-state index contributed by atoms with van der Waals surface area (Å²) in [5.74, 6) is 0.785. The molecule has 2 rings (SSSR count). The van der Waals surface area contributed by atoms with Crippen molar-refractivity contribution >= 4 is 5.82 Å². The molecule has 2 heterocycles. The minimum Gasteiger partial charge on any atom is -0.369 e. The lowest BCUT2D eigenvalue weighted by atomic mass is 10.4. The zero-order valence-corrected chi connectivity index (χ0v) is 8.76. The average molecular weight is 222 g/mol. The quantitative estimate of drug-likeness (QED) is 0.758. The first kappa shape index (κ1) is 10.5. The topological polar surface area (TPSA) is 68.5 Å². The molecular formula is C9H11FN6. The summed E-state index contributed by atoms with van der Waals surface area (Å²) in [5.41, 5.74) is 0. The Bertz CT molecular complexity index is 469. The van der Waals surface area contributed by atoms with Crippen LogP contribution in [0.5, 0.6) is 0 Å². The normalized spacial score (nSPS) is 10.4. The van der Waals surface area contributed by atoms with Crippen LogP contribution in [0, 0.1) is 5.95 Å². The van der Waals surface area contributed by atoms with Crippen LogP contribution in [0.1, 0.15) is 5.82 Å². The number of rotatable bonds is 4. The molecule has 0 unspecified atom stereocenters. The molecular weight excluding hydrogens is 211 g/mol. The molecule has 16 heavy (non-hydrogen) atoms. The number of nitrogens with zero attached hydrogens (tertiary/aromatic N) is 5. The molecule has 0 amide bonds. The Balaban J connectivity index is 1.87. The first-order valence-corrected chi connectivity index (χ1v) is 4.80. The van der Waals surface area contributed by atoms with Crippen LogP contribution in [0.25, 0.3) is 0 Å². The summed E-state index contributed by atoms with van der Waals surface area (Å²) in [6.07, 6.45) is 3.52. The molecule has 0 saturated heterocycles. The molecule has 6 nitrogen and oxygen atoms in total. The highest BCUT2D eigenvalue weighted by Gasteiger charge is 2.01. The van der Waals surface area contributed by atoms with Gasteiger partial charge in [0.25, 0.3) is 0 Å². The number of nitrogens with one attached hydrogen (secondary N) is 1. The Labute approximate surface area is 91.6 Å². The van der Waals surface area contributed by atoms with Gasteiger partial charge in [0.2, 0.25) is 5.95 Å². The van der Waals surface area contributed by atoms with Crippen molar-refractivity contribution in [2.24, 2.45) is 7.05 Å². The summed E-state index contributed by atoms with van der Waals surface area (Å²) in [6, 6.07) is 1.25. The number of aromatic nitrogens is 5. The van der Waals surface area contributed by atoms with Crippen LogP contribution in [-0.4, -0.2) is 31.3 Å². The summed E-state index contributed by atoms with van der Waals surface area (Å²) in [5, 5.41) is 10.7. The molecule has 0 saturated carbocycles. The SMILES string of the molecule is Cn1cnnc1CCNc1cc(F)ncn1. The van der Waals surface area contributed by atoms with Gasteiger partial charge in [0.15, 0.2) is 0 Å². The number of anilines is 1. The summed E-state index contributed by atoms with van der Waals surface area (Å²) >= 11 is 0. The van der Waals surface area contributed by atoms with Gasteiger partial charge < -0.3 is 9.88 Å². The maximum Gasteiger partial charge on any atom is 0.217 e. The average Bonchev–Trinajstić information content (AvgIpc) is 2.65. The molecule has 0 bridgehead atoms. The highest BCUT2D eigenvalue weighted by Crippen LogP contribution is 2.02. The van der Waals surface area contributed by atoms with Crippen LogP contribution in [0.15, 0.2) is 18.7 Å². The van der Waals surface area contributed by atoms with Gasteiger partial charge in [-0.2, -0.15) is 4.39 Å². The second-order valence-electron chi connectivity index (χ2n) is 3.26. The van der Waals surface area contributed by atoms with E-state index in [0.29, 0.717) is 18.8 Å². The largest absolute Gasteiger partial charge is 0.369 e. The third-order valence-electron chi connectivity index (χ3n) is 2.09. The molecule has 2 aromatic rings. The molecule has 0 radical (unpaired) electrons. The van der Waals surface area contributed by atoms with E-state index in [-0.39, 0.29) is 0 Å². The molecule has 0 fully saturated rings. The predicted molar refractivity (Wildman–Crippen MR) is 55.2 cm³/mol. The Morgan fingerprint density at radius 2 is 2.31 bits per heavy atom. The fourth-order valence-corrected chi connectivity index (χ4v) is 1.27. The van der Waals surface area contributed by atoms with Crippen molar-refractivity contribution in [1.82, 2.24) is 24.7 Å². The van der Waals surface area contributed by atoms with Gasteiger partial charge in [0.1, 0.15) is 24.3 Å². The minimum absolute atomic E-state index is 0.467. The zero-order chi connectivity index (χ0) is 11.4. The van der Waals surface area contributed by atoms with Gasteiger partial charge in [-0.15, -0.1) is 10.2 Å². The minimum atomic E-state index is -0.545. The standard InChI is InChI=1S/C9H11FN6/c1-16-6-14-15-9(16)2-3-11-8-4-7(10)12-5-13-8/h4-6H,2-3H2,1H3,(H,11,12,13). The van der Waals surface area contributed by atoms with E-state index in [1.165, 1.54) is 12.4 Å². The van der Waals surface area contributed by atoms with Gasteiger partial charge in [-0.25, -0.2) is 9.97 Å². The van der Waals surface area contributed by atoms with E-state index in [4.69, 9.17) is 0 Å². The van der Waals surface area contributed by atoms with E-state index >= 15 is 0 Å². The van der Waals surface area contributed by atoms with Crippen molar-refractivity contribution in [2.75, 3.05) is 11.9 Å². The number of aryl methyl sites for hydroxylation is 1. The maximum atomic E-state index is 12.7. The van der Waals surface area contributed by atoms with E-state index in [0.717, 1.165) is 5.82 Å². The first-order valence-electron chi connectivity index (χ1n) is 4.80. The fraction of sp³-hybridized carbons (Fsp3) is 0.333. The van der Waals surface area contributed by atoms with Crippen molar-refractivity contribution in [3.05, 3.63) is 30.5 Å². The van der Waals surface area contributed by atoms with Crippen molar-refractivity contribution < 1.29 is 4.39 Å². The van der Waals surface area contributed by atoms with E-state index in [1.54, 1.807) is 6.33 Å². The summed E-state index contributed by atoms with van der Waals surface area (Å²) in [6.45, 7) is 0.614. The smallest absolute Gasteiger partial charge is 0.217 e. The van der Waals surface area contributed by atoms with E-state index in [9.17, 15) is 4.39 Å². The molecule has 0 aliphatic heterocycles. The number of hydrogen-bond donors (Lipinski definition) is 1. The lowest BCUT2D eigenvalue weighted by Crippen LogP contribution is -2.09. The molecule has 7 heteroatoms. The van der Waals surface area contributed by atoms with E-state index < -0.39 is 5.95 Å². The zero-order valence-electron chi connectivity index (χ0n) is 8.76. The second kappa shape index (κ2) is 4.65. The lowest BCUT2D eigenvalue weighted by Gasteiger charge is -2.04. The highest BCUT2D eigenvalue weighted by molar-refractivity contribution is 5.31. The molecule has 0 spiro atoms. The third-order valence-corrected chi connectivity index (χ3v) is 2.09. The van der Waals surface area contributed by atoms with Crippen LogP contribution in [0.3, 0.4) is 0 Å². The Kier molecular flexibility index (Phi) is 3.04. The summed E-state index contributed by atoms with van der Waals surface area (Å²) in [4.78, 5) is 7.24.